The molecule has 0 saturated carbocycles. The number of carboxylic acids is 2. The maximum Gasteiger partial charge on any atom is 0.335 e. The number of nitriles is 1. The highest BCUT2D eigenvalue weighted by Crippen LogP contribution is 2.39. The lowest BCUT2D eigenvalue weighted by Crippen LogP contribution is -2.31. The molecule has 24 heavy (non-hydrogen) atoms. The summed E-state index contributed by atoms with van der Waals surface area (Å²) in [6, 6.07) is 6.71. The number of carboxylic acid groups (broad SMARTS) is 2. The Morgan fingerprint density at radius 1 is 1.29 bits per heavy atom. The third-order valence-electron chi connectivity index (χ3n) is 3.55. The molecule has 0 saturated heterocycles. The molecule has 0 aromatic heterocycles. The molecule has 0 spiro atoms. The van der Waals surface area contributed by atoms with Crippen LogP contribution in [0.15, 0.2) is 46.8 Å². The Labute approximate surface area is 135 Å². The molecular weight excluding hydrogens is 318 g/mol. The normalized spacial score (nSPS) is 17.1. The van der Waals surface area contributed by atoms with Crippen molar-refractivity contribution in [1.82, 2.24) is 5.32 Å². The maximum atomic E-state index is 11.6. The molecule has 1 aliphatic heterocycles. The van der Waals surface area contributed by atoms with E-state index in [1.807, 2.05) is 0 Å². The lowest BCUT2D eigenvalue weighted by Gasteiger charge is -2.27. The fraction of sp³-hybridized carbons (Fsp3) is 0.133. The van der Waals surface area contributed by atoms with Gasteiger partial charge in [0.05, 0.1) is 22.0 Å². The van der Waals surface area contributed by atoms with Gasteiger partial charge in [-0.05, 0) is 12.5 Å². The summed E-state index contributed by atoms with van der Waals surface area (Å²) < 4.78 is 0. The van der Waals surface area contributed by atoms with Gasteiger partial charge in [-0.15, -0.1) is 0 Å². The van der Waals surface area contributed by atoms with Crippen LogP contribution in [0.1, 0.15) is 18.4 Å². The molecule has 9 heteroatoms. The van der Waals surface area contributed by atoms with E-state index in [1.54, 1.807) is 6.07 Å². The number of benzene rings is 1. The van der Waals surface area contributed by atoms with Crippen molar-refractivity contribution in [2.45, 2.75) is 12.8 Å². The van der Waals surface area contributed by atoms with E-state index in [9.17, 15) is 29.9 Å². The van der Waals surface area contributed by atoms with Gasteiger partial charge in [0, 0.05) is 17.8 Å². The summed E-state index contributed by atoms with van der Waals surface area (Å²) in [6.45, 7) is 1.39. The molecule has 1 unspecified atom stereocenters. The van der Waals surface area contributed by atoms with Crippen molar-refractivity contribution in [3.63, 3.8) is 0 Å². The first kappa shape index (κ1) is 16.7. The van der Waals surface area contributed by atoms with E-state index in [0.29, 0.717) is 0 Å². The van der Waals surface area contributed by atoms with E-state index < -0.39 is 28.4 Å². The first-order valence-electron chi connectivity index (χ1n) is 6.61. The zero-order valence-corrected chi connectivity index (χ0v) is 12.3. The second-order valence-electron chi connectivity index (χ2n) is 4.96. The molecule has 3 N–H and O–H groups in total. The lowest BCUT2D eigenvalue weighted by molar-refractivity contribution is -0.384. The van der Waals surface area contributed by atoms with Crippen molar-refractivity contribution < 1.29 is 24.7 Å². The molecule has 0 fully saturated rings. The first-order chi connectivity index (χ1) is 11.3. The first-order valence-corrected chi connectivity index (χ1v) is 6.61. The number of non-ortho nitro benzene ring substituents is 1. The number of hydrogen-bond acceptors (Lipinski definition) is 6. The molecule has 2 rings (SSSR count). The largest absolute Gasteiger partial charge is 0.478 e. The number of carbonyl (C=O) groups is 2. The van der Waals surface area contributed by atoms with Gasteiger partial charge in [-0.3, -0.25) is 10.1 Å². The number of nitro benzene ring substituents is 1. The predicted octanol–water partition coefficient (Wildman–Crippen LogP) is 1.50. The molecule has 0 amide bonds. The molecule has 0 aliphatic carbocycles. The fourth-order valence-corrected chi connectivity index (χ4v) is 2.58. The summed E-state index contributed by atoms with van der Waals surface area (Å²) in [5.74, 6) is -4.18. The smallest absolute Gasteiger partial charge is 0.335 e. The highest BCUT2D eigenvalue weighted by atomic mass is 16.6. The van der Waals surface area contributed by atoms with Gasteiger partial charge in [-0.1, -0.05) is 12.1 Å². The van der Waals surface area contributed by atoms with Crippen LogP contribution in [0.3, 0.4) is 0 Å². The molecule has 1 aromatic carbocycles. The van der Waals surface area contributed by atoms with E-state index in [1.165, 1.54) is 25.1 Å². The van der Waals surface area contributed by atoms with Gasteiger partial charge in [0.2, 0.25) is 0 Å². The number of aliphatic carboxylic acids is 2. The minimum Gasteiger partial charge on any atom is -0.478 e. The molecule has 1 aliphatic rings. The highest BCUT2D eigenvalue weighted by molar-refractivity contribution is 5.99. The van der Waals surface area contributed by atoms with E-state index in [4.69, 9.17) is 5.26 Å². The number of nitrogens with one attached hydrogen (secondary N) is 1. The minimum atomic E-state index is -1.48. The summed E-state index contributed by atoms with van der Waals surface area (Å²) in [6.07, 6.45) is 0. The van der Waals surface area contributed by atoms with Crippen molar-refractivity contribution in [3.05, 3.63) is 62.5 Å². The molecule has 0 radical (unpaired) electrons. The Bertz CT molecular complexity index is 862. The molecule has 0 bridgehead atoms. The second kappa shape index (κ2) is 6.21. The molecule has 9 nitrogen and oxygen atoms in total. The average molecular weight is 329 g/mol. The standard InChI is InChI=1S/C15H11N3O6/c1-7-11(14(19)20)12(13(15(21)22)10(6-16)17-7)8-3-2-4-9(5-8)18(23)24/h2-5,12,17H,1H3,(H,19,20)(H,21,22). The van der Waals surface area contributed by atoms with Crippen molar-refractivity contribution in [2.24, 2.45) is 0 Å². The van der Waals surface area contributed by atoms with Crippen LogP contribution in [-0.2, 0) is 9.59 Å². The summed E-state index contributed by atoms with van der Waals surface area (Å²) in [4.78, 5) is 33.5. The molecule has 1 atom stereocenters. The van der Waals surface area contributed by atoms with Gasteiger partial charge in [0.25, 0.3) is 5.69 Å². The zero-order chi connectivity index (χ0) is 18.0. The topological polar surface area (TPSA) is 154 Å². The number of nitrogens with zero attached hydrogens (tertiary/aromatic N) is 2. The van der Waals surface area contributed by atoms with E-state index in [2.05, 4.69) is 5.32 Å². The zero-order valence-electron chi connectivity index (χ0n) is 12.3. The second-order valence-corrected chi connectivity index (χ2v) is 4.96. The Morgan fingerprint density at radius 2 is 1.92 bits per heavy atom. The summed E-state index contributed by atoms with van der Waals surface area (Å²) in [5.41, 5.74) is -1.17. The van der Waals surface area contributed by atoms with Gasteiger partial charge >= 0.3 is 11.9 Å². The van der Waals surface area contributed by atoms with Crippen molar-refractivity contribution in [1.29, 1.82) is 5.26 Å². The van der Waals surface area contributed by atoms with Crippen LogP contribution in [0.4, 0.5) is 5.69 Å². The highest BCUT2D eigenvalue weighted by Gasteiger charge is 2.38. The van der Waals surface area contributed by atoms with E-state index in [-0.39, 0.29) is 28.2 Å². The fourth-order valence-electron chi connectivity index (χ4n) is 2.58. The van der Waals surface area contributed by atoms with Crippen LogP contribution in [0.5, 0.6) is 0 Å². The Balaban J connectivity index is 2.78. The Kier molecular flexibility index (Phi) is 4.32. The molecule has 122 valence electrons. The van der Waals surface area contributed by atoms with E-state index in [0.717, 1.165) is 6.07 Å². The number of hydrogen-bond donors (Lipinski definition) is 3. The SMILES string of the molecule is CC1=C(C(=O)O)C(c2cccc([N+](=O)[O-])c2)C(C(=O)O)=C(C#N)N1. The average Bonchev–Trinajstić information content (AvgIpc) is 2.52. The Hall–Kier alpha value is -3.67. The summed E-state index contributed by atoms with van der Waals surface area (Å²) in [7, 11) is 0. The van der Waals surface area contributed by atoms with Crippen LogP contribution < -0.4 is 5.32 Å². The van der Waals surface area contributed by atoms with Crippen molar-refractivity contribution >= 4 is 17.6 Å². The van der Waals surface area contributed by atoms with Gasteiger partial charge in [0.1, 0.15) is 11.8 Å². The van der Waals surface area contributed by atoms with Crippen molar-refractivity contribution in [3.8, 4) is 6.07 Å². The number of nitro groups is 1. The van der Waals surface area contributed by atoms with E-state index >= 15 is 0 Å². The predicted molar refractivity (Wildman–Crippen MR) is 79.6 cm³/mol. The van der Waals surface area contributed by atoms with Crippen LogP contribution in [0, 0.1) is 21.4 Å². The van der Waals surface area contributed by atoms with Crippen LogP contribution in [-0.4, -0.2) is 27.1 Å². The quantitative estimate of drug-likeness (QED) is 0.554. The molecule has 1 aromatic rings. The maximum absolute atomic E-state index is 11.6. The lowest BCUT2D eigenvalue weighted by atomic mass is 9.80. The van der Waals surface area contributed by atoms with Gasteiger partial charge in [-0.2, -0.15) is 5.26 Å². The number of rotatable bonds is 4. The third-order valence-corrected chi connectivity index (χ3v) is 3.55. The van der Waals surface area contributed by atoms with Gasteiger partial charge in [0.15, 0.2) is 0 Å². The van der Waals surface area contributed by atoms with Gasteiger partial charge < -0.3 is 15.5 Å². The third kappa shape index (κ3) is 2.80. The molecular formula is C15H11N3O6. The van der Waals surface area contributed by atoms with Gasteiger partial charge in [-0.25, -0.2) is 9.59 Å². The van der Waals surface area contributed by atoms with Crippen LogP contribution >= 0.6 is 0 Å². The number of dihydropyridines is 1. The van der Waals surface area contributed by atoms with Crippen LogP contribution in [0.2, 0.25) is 0 Å². The van der Waals surface area contributed by atoms with Crippen molar-refractivity contribution in [2.75, 3.05) is 0 Å². The monoisotopic (exact) mass is 329 g/mol. The van der Waals surface area contributed by atoms with Crippen LogP contribution in [0.25, 0.3) is 0 Å². The minimum absolute atomic E-state index is 0.0977. The number of allylic oxidation sites excluding steroid dienone is 2. The summed E-state index contributed by atoms with van der Waals surface area (Å²) >= 11 is 0. The Morgan fingerprint density at radius 3 is 2.42 bits per heavy atom. The summed E-state index contributed by atoms with van der Waals surface area (Å²) in [5, 5.41) is 41.4. The molecule has 1 heterocycles.